The molecule has 254 valence electrons. The third-order valence-electron chi connectivity index (χ3n) is 11.1. The van der Waals surface area contributed by atoms with Crippen molar-refractivity contribution >= 4 is 76.8 Å². The van der Waals surface area contributed by atoms with E-state index >= 15 is 0 Å². The van der Waals surface area contributed by atoms with Gasteiger partial charge < -0.3 is 13.7 Å². The summed E-state index contributed by atoms with van der Waals surface area (Å²) in [6.45, 7) is 16.3. The summed E-state index contributed by atoms with van der Waals surface area (Å²) in [4.78, 5) is 7.93. The van der Waals surface area contributed by atoms with E-state index in [9.17, 15) is 0 Å². The van der Waals surface area contributed by atoms with Gasteiger partial charge in [-0.05, 0) is 77.7 Å². The Balaban J connectivity index is 1.17. The Hall–Kier alpha value is -7.86. The van der Waals surface area contributed by atoms with Crippen molar-refractivity contribution in [1.82, 2.24) is 13.7 Å². The van der Waals surface area contributed by atoms with Gasteiger partial charge in [0.2, 0.25) is 0 Å². The Morgan fingerprint density at radius 2 is 0.855 bits per heavy atom. The van der Waals surface area contributed by atoms with Crippen LogP contribution in [0.25, 0.3) is 103 Å². The van der Waals surface area contributed by atoms with Gasteiger partial charge in [0.15, 0.2) is 11.4 Å². The molecular weight excluding hydrogens is 671 g/mol. The number of rotatable bonds is 4. The molecule has 8 aromatic carbocycles. The van der Waals surface area contributed by atoms with Gasteiger partial charge >= 0.3 is 0 Å². The Morgan fingerprint density at radius 3 is 1.44 bits per heavy atom. The molecule has 0 aliphatic rings. The highest BCUT2D eigenvalue weighted by Gasteiger charge is 2.22. The normalized spacial score (nSPS) is 11.6. The van der Waals surface area contributed by atoms with E-state index in [1.807, 2.05) is 24.3 Å². The first-order chi connectivity index (χ1) is 27.2. The molecule has 0 bridgehead atoms. The Kier molecular flexibility index (Phi) is 6.61. The quantitative estimate of drug-likeness (QED) is 0.163. The fourth-order valence-corrected chi connectivity index (χ4v) is 8.82. The number of para-hydroxylation sites is 4. The van der Waals surface area contributed by atoms with Gasteiger partial charge in [-0.15, -0.1) is 0 Å². The third kappa shape index (κ3) is 4.39. The summed E-state index contributed by atoms with van der Waals surface area (Å²) in [5, 5.41) is 6.86. The molecule has 3 aromatic heterocycles. The highest BCUT2D eigenvalue weighted by molar-refractivity contribution is 6.17. The van der Waals surface area contributed by atoms with E-state index in [0.717, 1.165) is 72.1 Å². The molecule has 0 fully saturated rings. The number of hydrogen-bond acceptors (Lipinski definition) is 0. The monoisotopic (exact) mass is 699 g/mol. The highest BCUT2D eigenvalue weighted by Crippen LogP contribution is 2.44. The molecule has 0 amide bonds. The first-order valence-corrected chi connectivity index (χ1v) is 18.3. The van der Waals surface area contributed by atoms with Crippen molar-refractivity contribution in [3.63, 3.8) is 0 Å². The summed E-state index contributed by atoms with van der Waals surface area (Å²) in [6, 6.07) is 61.1. The number of benzene rings is 8. The van der Waals surface area contributed by atoms with E-state index in [1.54, 1.807) is 0 Å². The molecule has 0 radical (unpaired) electrons. The van der Waals surface area contributed by atoms with E-state index in [2.05, 4.69) is 175 Å². The molecule has 0 unspecified atom stereocenters. The lowest BCUT2D eigenvalue weighted by Crippen LogP contribution is -1.99. The van der Waals surface area contributed by atoms with Gasteiger partial charge in [-0.2, -0.15) is 0 Å². The van der Waals surface area contributed by atoms with Crippen LogP contribution < -0.4 is 0 Å². The lowest BCUT2D eigenvalue weighted by atomic mass is 10.0. The molecule has 0 spiro atoms. The lowest BCUT2D eigenvalue weighted by molar-refractivity contribution is 1.17. The van der Waals surface area contributed by atoms with Gasteiger partial charge in [0.05, 0.1) is 51.9 Å². The predicted octanol–water partition coefficient (Wildman–Crippen LogP) is 13.7. The van der Waals surface area contributed by atoms with Gasteiger partial charge in [0.25, 0.3) is 0 Å². The second-order valence-electron chi connectivity index (χ2n) is 13.9. The van der Waals surface area contributed by atoms with Crippen molar-refractivity contribution in [3.05, 3.63) is 199 Å². The molecule has 5 heteroatoms. The summed E-state index contributed by atoms with van der Waals surface area (Å²) in [5.41, 5.74) is 12.5. The van der Waals surface area contributed by atoms with Crippen molar-refractivity contribution in [2.24, 2.45) is 0 Å². The number of fused-ring (bicyclic) bond motifs is 9. The number of nitrogens with zero attached hydrogens (tertiary/aromatic N) is 5. The van der Waals surface area contributed by atoms with Crippen molar-refractivity contribution in [3.8, 4) is 28.2 Å². The highest BCUT2D eigenvalue weighted by atomic mass is 15.0. The van der Waals surface area contributed by atoms with Gasteiger partial charge in [0.1, 0.15) is 0 Å². The third-order valence-corrected chi connectivity index (χ3v) is 11.1. The maximum atomic E-state index is 8.33. The van der Waals surface area contributed by atoms with E-state index in [0.29, 0.717) is 11.4 Å². The van der Waals surface area contributed by atoms with Gasteiger partial charge in [-0.25, -0.2) is 9.69 Å². The average molecular weight is 700 g/mol. The minimum absolute atomic E-state index is 0.577. The van der Waals surface area contributed by atoms with Crippen LogP contribution in [0.2, 0.25) is 0 Å². The molecule has 0 saturated carbocycles. The molecule has 3 heterocycles. The Bertz CT molecular complexity index is 3350. The largest absolute Gasteiger partial charge is 0.310 e. The summed E-state index contributed by atoms with van der Waals surface area (Å²) in [6.07, 6.45) is 0. The van der Waals surface area contributed by atoms with E-state index < -0.39 is 0 Å². The van der Waals surface area contributed by atoms with E-state index in [-0.39, 0.29) is 0 Å². The smallest absolute Gasteiger partial charge is 0.196 e. The molecule has 5 nitrogen and oxygen atoms in total. The molecule has 11 aromatic rings. The first kappa shape index (κ1) is 30.7. The van der Waals surface area contributed by atoms with Gasteiger partial charge in [0, 0.05) is 43.9 Å². The second kappa shape index (κ2) is 11.8. The van der Waals surface area contributed by atoms with Crippen LogP contribution in [-0.4, -0.2) is 13.7 Å². The van der Waals surface area contributed by atoms with Gasteiger partial charge in [-0.3, -0.25) is 0 Å². The van der Waals surface area contributed by atoms with Crippen LogP contribution in [0.4, 0.5) is 11.4 Å². The standard InChI is InChI=1S/C50H29N5/c1-51-33-27-30-45-39(31-33)50-47(54-43-20-9-5-15-37(43)38-16-6-10-21-44(38)54)23-12-24-48(50)55(45)46-22-11-17-40(52-2)49(46)32-25-28-34(29-26-32)53-41-18-7-3-13-35(41)36-14-4-8-19-42(36)53/h3-31H. The zero-order valence-electron chi connectivity index (χ0n) is 29.5. The zero-order valence-corrected chi connectivity index (χ0v) is 29.5. The fraction of sp³-hybridized carbons (Fsp3) is 0. The maximum absolute atomic E-state index is 8.33. The molecule has 0 N–H and O–H groups in total. The SMILES string of the molecule is [C-]#[N+]c1ccc2c(c1)c1c(-n3c4ccccc4c4ccccc43)cccc1n2-c1cccc([N+]#[C-])c1-c1ccc(-n2c3ccccc3c3ccccc32)cc1. The Morgan fingerprint density at radius 1 is 0.364 bits per heavy atom. The molecular formula is C50H29N5. The van der Waals surface area contributed by atoms with Crippen LogP contribution in [0.3, 0.4) is 0 Å². The van der Waals surface area contributed by atoms with Crippen LogP contribution in [0.1, 0.15) is 0 Å². The summed E-state index contributed by atoms with van der Waals surface area (Å²) >= 11 is 0. The fourth-order valence-electron chi connectivity index (χ4n) is 8.82. The van der Waals surface area contributed by atoms with Crippen molar-refractivity contribution in [1.29, 1.82) is 0 Å². The van der Waals surface area contributed by atoms with Crippen LogP contribution in [0.5, 0.6) is 0 Å². The minimum atomic E-state index is 0.577. The summed E-state index contributed by atoms with van der Waals surface area (Å²) in [5.74, 6) is 0. The number of aromatic nitrogens is 3. The van der Waals surface area contributed by atoms with Crippen molar-refractivity contribution in [2.45, 2.75) is 0 Å². The summed E-state index contributed by atoms with van der Waals surface area (Å²) in [7, 11) is 0. The molecule has 0 atom stereocenters. The maximum Gasteiger partial charge on any atom is 0.196 e. The van der Waals surface area contributed by atoms with Crippen LogP contribution in [-0.2, 0) is 0 Å². The topological polar surface area (TPSA) is 23.5 Å². The molecule has 11 rings (SSSR count). The van der Waals surface area contributed by atoms with E-state index in [1.165, 1.54) is 21.5 Å². The Labute approximate surface area is 316 Å². The van der Waals surface area contributed by atoms with Crippen molar-refractivity contribution < 1.29 is 0 Å². The summed E-state index contributed by atoms with van der Waals surface area (Å²) < 4.78 is 6.94. The van der Waals surface area contributed by atoms with Crippen molar-refractivity contribution in [2.75, 3.05) is 0 Å². The lowest BCUT2D eigenvalue weighted by Gasteiger charge is -2.17. The van der Waals surface area contributed by atoms with Crippen LogP contribution in [0.15, 0.2) is 176 Å². The van der Waals surface area contributed by atoms with E-state index in [4.69, 9.17) is 13.1 Å². The zero-order chi connectivity index (χ0) is 36.6. The van der Waals surface area contributed by atoms with Crippen LogP contribution in [0, 0.1) is 13.1 Å². The molecule has 0 aliphatic heterocycles. The second-order valence-corrected chi connectivity index (χ2v) is 13.9. The first-order valence-electron chi connectivity index (χ1n) is 18.3. The number of hydrogen-bond donors (Lipinski definition) is 0. The van der Waals surface area contributed by atoms with Gasteiger partial charge in [-0.1, -0.05) is 109 Å². The predicted molar refractivity (Wildman–Crippen MR) is 227 cm³/mol. The minimum Gasteiger partial charge on any atom is -0.310 e. The molecule has 0 aliphatic carbocycles. The average Bonchev–Trinajstić information content (AvgIpc) is 3.89. The molecule has 0 saturated heterocycles. The van der Waals surface area contributed by atoms with Crippen LogP contribution >= 0.6 is 0 Å². The molecule has 55 heavy (non-hydrogen) atoms.